The molecule has 2 unspecified atom stereocenters. The molecule has 3 N–H and O–H groups in total. The number of rotatable bonds is 5. The number of hydrogen-bond donors (Lipinski definition) is 3. The zero-order chi connectivity index (χ0) is 14.6. The highest BCUT2D eigenvalue weighted by Crippen LogP contribution is 2.29. The molecule has 0 spiro atoms. The first kappa shape index (κ1) is 15.5. The third-order valence-electron chi connectivity index (χ3n) is 2.92. The second-order valence-corrected chi connectivity index (χ2v) is 4.51. The summed E-state index contributed by atoms with van der Waals surface area (Å²) in [6.45, 7) is 5.36. The number of aliphatic hydroxyl groups is 2. The largest absolute Gasteiger partial charge is 0.508 e. The Hall–Kier alpha value is -1.59. The fourth-order valence-electron chi connectivity index (χ4n) is 2.11. The van der Waals surface area contributed by atoms with Crippen molar-refractivity contribution in [3.05, 3.63) is 28.8 Å². The molecule has 0 aliphatic heterocycles. The van der Waals surface area contributed by atoms with Crippen LogP contribution in [0.5, 0.6) is 5.75 Å². The smallest absolute Gasteiger partial charge is 0.308 e. The summed E-state index contributed by atoms with van der Waals surface area (Å²) < 4.78 is 4.73. The van der Waals surface area contributed by atoms with Crippen molar-refractivity contribution < 1.29 is 24.9 Å². The summed E-state index contributed by atoms with van der Waals surface area (Å²) in [7, 11) is 0. The molecule has 19 heavy (non-hydrogen) atoms. The number of phenols is 1. The minimum Gasteiger partial charge on any atom is -0.508 e. The van der Waals surface area contributed by atoms with Crippen molar-refractivity contribution >= 4 is 5.97 Å². The van der Waals surface area contributed by atoms with Gasteiger partial charge >= 0.3 is 5.97 Å². The van der Waals surface area contributed by atoms with Crippen molar-refractivity contribution in [3.8, 4) is 5.75 Å². The van der Waals surface area contributed by atoms with Gasteiger partial charge in [0, 0.05) is 0 Å². The van der Waals surface area contributed by atoms with Crippen molar-refractivity contribution in [2.45, 2.75) is 39.4 Å². The predicted molar refractivity (Wildman–Crippen MR) is 69.8 cm³/mol. The van der Waals surface area contributed by atoms with E-state index in [4.69, 9.17) is 4.74 Å². The van der Waals surface area contributed by atoms with Crippen LogP contribution in [0, 0.1) is 13.8 Å². The highest BCUT2D eigenvalue weighted by atomic mass is 16.5. The van der Waals surface area contributed by atoms with E-state index in [-0.39, 0.29) is 18.8 Å². The number of aliphatic hydroxyl groups excluding tert-OH is 2. The fourth-order valence-corrected chi connectivity index (χ4v) is 2.11. The molecule has 0 fully saturated rings. The molecule has 2 atom stereocenters. The molecule has 0 aliphatic rings. The summed E-state index contributed by atoms with van der Waals surface area (Å²) in [6, 6.07) is 3.01. The highest BCUT2D eigenvalue weighted by Gasteiger charge is 2.25. The van der Waals surface area contributed by atoms with Crippen molar-refractivity contribution in [2.75, 3.05) is 6.61 Å². The summed E-state index contributed by atoms with van der Waals surface area (Å²) in [5.41, 5.74) is 1.84. The van der Waals surface area contributed by atoms with Crippen LogP contribution in [0.2, 0.25) is 0 Å². The summed E-state index contributed by atoms with van der Waals surface area (Å²) >= 11 is 0. The second-order valence-electron chi connectivity index (χ2n) is 4.51. The lowest BCUT2D eigenvalue weighted by atomic mass is 9.93. The van der Waals surface area contributed by atoms with Crippen LogP contribution in [0.1, 0.15) is 36.1 Å². The highest BCUT2D eigenvalue weighted by molar-refractivity contribution is 5.70. The molecule has 5 heteroatoms. The van der Waals surface area contributed by atoms with Crippen molar-refractivity contribution in [1.29, 1.82) is 0 Å². The summed E-state index contributed by atoms with van der Waals surface area (Å²) in [5.74, 6) is -0.450. The van der Waals surface area contributed by atoms with Crippen LogP contribution < -0.4 is 0 Å². The van der Waals surface area contributed by atoms with Crippen LogP contribution in [0.3, 0.4) is 0 Å². The van der Waals surface area contributed by atoms with Gasteiger partial charge in [-0.05, 0) is 49.6 Å². The monoisotopic (exact) mass is 268 g/mol. The van der Waals surface area contributed by atoms with Crippen LogP contribution in [0.25, 0.3) is 0 Å². The number of esters is 1. The molecule has 0 aliphatic carbocycles. The van der Waals surface area contributed by atoms with Gasteiger partial charge in [-0.2, -0.15) is 0 Å². The zero-order valence-corrected chi connectivity index (χ0v) is 11.4. The van der Waals surface area contributed by atoms with Gasteiger partial charge < -0.3 is 20.1 Å². The first-order chi connectivity index (χ1) is 8.86. The van der Waals surface area contributed by atoms with Gasteiger partial charge in [0.2, 0.25) is 0 Å². The molecule has 0 saturated heterocycles. The Balaban J connectivity index is 2.88. The molecule has 1 rings (SSSR count). The van der Waals surface area contributed by atoms with E-state index in [9.17, 15) is 20.1 Å². The molecule has 0 saturated carbocycles. The zero-order valence-electron chi connectivity index (χ0n) is 11.4. The lowest BCUT2D eigenvalue weighted by Gasteiger charge is -2.21. The van der Waals surface area contributed by atoms with E-state index in [1.165, 1.54) is 12.1 Å². The fraction of sp³-hybridized carbons (Fsp3) is 0.500. The van der Waals surface area contributed by atoms with Crippen molar-refractivity contribution in [2.24, 2.45) is 0 Å². The lowest BCUT2D eigenvalue weighted by molar-refractivity contribution is -0.147. The van der Waals surface area contributed by atoms with Gasteiger partial charge in [-0.3, -0.25) is 4.79 Å². The summed E-state index contributed by atoms with van der Waals surface area (Å²) in [4.78, 5) is 11.3. The molecular formula is C14H20O5. The Morgan fingerprint density at radius 1 is 1.26 bits per heavy atom. The first-order valence-electron chi connectivity index (χ1n) is 6.18. The van der Waals surface area contributed by atoms with Gasteiger partial charge in [0.25, 0.3) is 0 Å². The molecule has 0 bridgehead atoms. The summed E-state index contributed by atoms with van der Waals surface area (Å²) in [5, 5.41) is 29.4. The van der Waals surface area contributed by atoms with Crippen molar-refractivity contribution in [1.82, 2.24) is 0 Å². The van der Waals surface area contributed by atoms with Gasteiger partial charge in [0.1, 0.15) is 11.9 Å². The Kier molecular flexibility index (Phi) is 5.32. The van der Waals surface area contributed by atoms with E-state index in [0.29, 0.717) is 16.7 Å². The molecule has 1 aromatic rings. The Labute approximate surface area is 112 Å². The van der Waals surface area contributed by atoms with Crippen LogP contribution in [-0.4, -0.2) is 34.0 Å². The second kappa shape index (κ2) is 6.54. The van der Waals surface area contributed by atoms with Crippen LogP contribution >= 0.6 is 0 Å². The normalized spacial score (nSPS) is 13.9. The van der Waals surface area contributed by atoms with Gasteiger partial charge in [-0.1, -0.05) is 0 Å². The van der Waals surface area contributed by atoms with E-state index < -0.39 is 18.2 Å². The molecule has 106 valence electrons. The van der Waals surface area contributed by atoms with E-state index in [2.05, 4.69) is 0 Å². The number of hydrogen-bond acceptors (Lipinski definition) is 5. The summed E-state index contributed by atoms with van der Waals surface area (Å²) in [6.07, 6.45) is -2.69. The number of carbonyl (C=O) groups is 1. The third kappa shape index (κ3) is 3.94. The minimum atomic E-state index is -1.24. The maximum absolute atomic E-state index is 11.3. The molecule has 0 aromatic heterocycles. The molecule has 5 nitrogen and oxygen atoms in total. The van der Waals surface area contributed by atoms with Crippen molar-refractivity contribution in [3.63, 3.8) is 0 Å². The quantitative estimate of drug-likeness (QED) is 0.702. The average molecular weight is 268 g/mol. The van der Waals surface area contributed by atoms with E-state index in [1.54, 1.807) is 20.8 Å². The predicted octanol–water partition coefficient (Wildman–Crippen LogP) is 1.36. The third-order valence-corrected chi connectivity index (χ3v) is 2.92. The number of benzene rings is 1. The van der Waals surface area contributed by atoms with E-state index >= 15 is 0 Å². The first-order valence-corrected chi connectivity index (χ1v) is 6.18. The standard InChI is InChI=1S/C14H20O5/c1-4-19-12(17)7-11(16)14(18)13-8(2)5-10(15)6-9(13)3/h5-6,11,14-16,18H,4,7H2,1-3H3. The lowest BCUT2D eigenvalue weighted by Crippen LogP contribution is -2.24. The Morgan fingerprint density at radius 3 is 2.26 bits per heavy atom. The molecule has 1 aromatic carbocycles. The molecule has 0 heterocycles. The van der Waals surface area contributed by atoms with Crippen LogP contribution in [-0.2, 0) is 9.53 Å². The van der Waals surface area contributed by atoms with E-state index in [1.807, 2.05) is 0 Å². The minimum absolute atomic E-state index is 0.103. The van der Waals surface area contributed by atoms with Gasteiger partial charge in [-0.25, -0.2) is 0 Å². The number of aromatic hydroxyl groups is 1. The SMILES string of the molecule is CCOC(=O)CC(O)C(O)c1c(C)cc(O)cc1C. The van der Waals surface area contributed by atoms with Gasteiger partial charge in [0.05, 0.1) is 19.1 Å². The topological polar surface area (TPSA) is 87.0 Å². The van der Waals surface area contributed by atoms with Gasteiger partial charge in [-0.15, -0.1) is 0 Å². The molecule has 0 radical (unpaired) electrons. The Bertz CT molecular complexity index is 432. The molecular weight excluding hydrogens is 248 g/mol. The number of aryl methyl sites for hydroxylation is 2. The average Bonchev–Trinajstić information content (AvgIpc) is 2.27. The maximum atomic E-state index is 11.3. The Morgan fingerprint density at radius 2 is 1.79 bits per heavy atom. The van der Waals surface area contributed by atoms with Gasteiger partial charge in [0.15, 0.2) is 0 Å². The number of carbonyl (C=O) groups excluding carboxylic acids is 1. The maximum Gasteiger partial charge on any atom is 0.308 e. The number of phenolic OH excluding ortho intramolecular Hbond substituents is 1. The molecule has 0 amide bonds. The number of ether oxygens (including phenoxy) is 1. The van der Waals surface area contributed by atoms with Crippen LogP contribution in [0.15, 0.2) is 12.1 Å². The van der Waals surface area contributed by atoms with Crippen LogP contribution in [0.4, 0.5) is 0 Å². The van der Waals surface area contributed by atoms with E-state index in [0.717, 1.165) is 0 Å².